The van der Waals surface area contributed by atoms with E-state index >= 15 is 0 Å². The molecule has 0 spiro atoms. The number of benzene rings is 1. The summed E-state index contributed by atoms with van der Waals surface area (Å²) in [7, 11) is 0. The second-order valence-corrected chi connectivity index (χ2v) is 2.99. The molecule has 0 saturated heterocycles. The number of rotatable bonds is 1. The van der Waals surface area contributed by atoms with Crippen LogP contribution in [-0.4, -0.2) is 6.36 Å². The number of alkyl halides is 3. The van der Waals surface area contributed by atoms with Crippen LogP contribution in [0.1, 0.15) is 5.56 Å². The van der Waals surface area contributed by atoms with Gasteiger partial charge < -0.3 is 4.74 Å². The monoisotopic (exact) mass is 228 g/mol. The van der Waals surface area contributed by atoms with Crippen LogP contribution in [0.15, 0.2) is 12.1 Å². The predicted octanol–water partition coefficient (Wildman–Crippen LogP) is 3.69. The van der Waals surface area contributed by atoms with Crippen LogP contribution in [0.3, 0.4) is 0 Å². The molecule has 6 heteroatoms. The van der Waals surface area contributed by atoms with Gasteiger partial charge in [-0.1, -0.05) is 11.6 Å². The van der Waals surface area contributed by atoms with Gasteiger partial charge in [0.25, 0.3) is 0 Å². The van der Waals surface area contributed by atoms with Gasteiger partial charge in [-0.05, 0) is 24.6 Å². The topological polar surface area (TPSA) is 9.23 Å². The van der Waals surface area contributed by atoms with Crippen molar-refractivity contribution in [1.82, 2.24) is 0 Å². The second-order valence-electron chi connectivity index (χ2n) is 2.58. The summed E-state index contributed by atoms with van der Waals surface area (Å²) in [6, 6.07) is 1.67. The maximum absolute atomic E-state index is 12.6. The lowest BCUT2D eigenvalue weighted by molar-refractivity contribution is -0.274. The first-order chi connectivity index (χ1) is 6.29. The quantitative estimate of drug-likeness (QED) is 0.666. The van der Waals surface area contributed by atoms with E-state index in [0.29, 0.717) is 0 Å². The summed E-state index contributed by atoms with van der Waals surface area (Å²) in [5.41, 5.74) is -0.00711. The fourth-order valence-electron chi connectivity index (χ4n) is 0.934. The van der Waals surface area contributed by atoms with Gasteiger partial charge in [-0.3, -0.25) is 0 Å². The Balaban J connectivity index is 3.09. The number of hydrogen-bond acceptors (Lipinski definition) is 1. The molecule has 14 heavy (non-hydrogen) atoms. The minimum atomic E-state index is -4.83. The molecular weight excluding hydrogens is 224 g/mol. The summed E-state index contributed by atoms with van der Waals surface area (Å²) in [5, 5.41) is -0.403. The first kappa shape index (κ1) is 11.1. The van der Waals surface area contributed by atoms with Crippen molar-refractivity contribution < 1.29 is 22.3 Å². The van der Waals surface area contributed by atoms with Crippen molar-refractivity contribution in [2.24, 2.45) is 0 Å². The van der Waals surface area contributed by atoms with E-state index in [0.717, 1.165) is 12.1 Å². The fraction of sp³-hybridized carbons (Fsp3) is 0.250. The zero-order valence-corrected chi connectivity index (χ0v) is 7.71. The molecular formula is C8H5ClF4O. The van der Waals surface area contributed by atoms with Gasteiger partial charge in [0.05, 0.1) is 5.02 Å². The first-order valence-electron chi connectivity index (χ1n) is 3.51. The lowest BCUT2D eigenvalue weighted by Crippen LogP contribution is -2.18. The Hall–Kier alpha value is -0.970. The lowest BCUT2D eigenvalue weighted by atomic mass is 10.2. The normalized spacial score (nSPS) is 11.6. The van der Waals surface area contributed by atoms with Crippen LogP contribution in [0.4, 0.5) is 17.6 Å². The van der Waals surface area contributed by atoms with Crippen molar-refractivity contribution in [3.8, 4) is 5.75 Å². The Morgan fingerprint density at radius 2 is 1.86 bits per heavy atom. The maximum Gasteiger partial charge on any atom is 0.573 e. The average molecular weight is 229 g/mol. The largest absolute Gasteiger partial charge is 0.573 e. The Labute approximate surface area is 82.2 Å². The molecule has 0 unspecified atom stereocenters. The van der Waals surface area contributed by atoms with Gasteiger partial charge in [-0.25, -0.2) is 4.39 Å². The van der Waals surface area contributed by atoms with E-state index in [2.05, 4.69) is 4.74 Å². The van der Waals surface area contributed by atoms with Crippen LogP contribution in [0.2, 0.25) is 5.02 Å². The summed E-state index contributed by atoms with van der Waals surface area (Å²) >= 11 is 5.38. The Morgan fingerprint density at radius 3 is 2.29 bits per heavy atom. The minimum Gasteiger partial charge on any atom is -0.404 e. The zero-order chi connectivity index (χ0) is 10.9. The van der Waals surface area contributed by atoms with Crippen molar-refractivity contribution >= 4 is 11.6 Å². The number of halogens is 5. The van der Waals surface area contributed by atoms with E-state index in [-0.39, 0.29) is 5.56 Å². The van der Waals surface area contributed by atoms with E-state index in [1.54, 1.807) is 0 Å². The molecule has 0 bridgehead atoms. The number of hydrogen-bond donors (Lipinski definition) is 0. The molecule has 0 aromatic heterocycles. The molecule has 78 valence electrons. The molecule has 0 N–H and O–H groups in total. The van der Waals surface area contributed by atoms with Crippen molar-refractivity contribution in [3.05, 3.63) is 28.5 Å². The van der Waals surface area contributed by atoms with Crippen molar-refractivity contribution in [2.75, 3.05) is 0 Å². The van der Waals surface area contributed by atoms with Gasteiger partial charge in [0.15, 0.2) is 5.75 Å². The van der Waals surface area contributed by atoms with E-state index in [1.807, 2.05) is 0 Å². The average Bonchev–Trinajstić information content (AvgIpc) is 1.95. The summed E-state index contributed by atoms with van der Waals surface area (Å²) in [4.78, 5) is 0. The molecule has 1 aromatic rings. The first-order valence-corrected chi connectivity index (χ1v) is 3.89. The van der Waals surface area contributed by atoms with Gasteiger partial charge in [-0.2, -0.15) is 0 Å². The van der Waals surface area contributed by atoms with Gasteiger partial charge >= 0.3 is 6.36 Å². The summed E-state index contributed by atoms with van der Waals surface area (Å²) in [6.07, 6.45) is -4.83. The molecule has 0 amide bonds. The van der Waals surface area contributed by atoms with E-state index in [9.17, 15) is 17.6 Å². The molecule has 0 saturated carbocycles. The predicted molar refractivity (Wildman–Crippen MR) is 42.8 cm³/mol. The standard InChI is InChI=1S/C8H5ClF4O/c1-4-2-5(10)3-6(9)7(4)14-8(11,12)13/h2-3H,1H3. The highest BCUT2D eigenvalue weighted by Gasteiger charge is 2.32. The van der Waals surface area contributed by atoms with Crippen LogP contribution >= 0.6 is 11.6 Å². The van der Waals surface area contributed by atoms with Gasteiger partial charge in [0.1, 0.15) is 5.82 Å². The molecule has 1 aromatic carbocycles. The highest BCUT2D eigenvalue weighted by molar-refractivity contribution is 6.32. The summed E-state index contributed by atoms with van der Waals surface area (Å²) in [6.45, 7) is 1.27. The van der Waals surface area contributed by atoms with Crippen LogP contribution < -0.4 is 4.74 Å². The van der Waals surface area contributed by atoms with Crippen LogP contribution in [0.5, 0.6) is 5.75 Å². The molecule has 0 aliphatic carbocycles. The lowest BCUT2D eigenvalue weighted by Gasteiger charge is -2.12. The van der Waals surface area contributed by atoms with Crippen molar-refractivity contribution in [3.63, 3.8) is 0 Å². The third kappa shape index (κ3) is 2.77. The van der Waals surface area contributed by atoms with E-state index < -0.39 is 23.0 Å². The Kier molecular flexibility index (Phi) is 2.89. The highest BCUT2D eigenvalue weighted by Crippen LogP contribution is 2.33. The Bertz CT molecular complexity index is 325. The van der Waals surface area contributed by atoms with E-state index in [4.69, 9.17) is 11.6 Å². The second kappa shape index (κ2) is 3.65. The third-order valence-corrected chi connectivity index (χ3v) is 1.69. The van der Waals surface area contributed by atoms with E-state index in [1.165, 1.54) is 6.92 Å². The number of aryl methyl sites for hydroxylation is 1. The fourth-order valence-corrected chi connectivity index (χ4v) is 1.23. The minimum absolute atomic E-state index is 0.00711. The highest BCUT2D eigenvalue weighted by atomic mass is 35.5. The molecule has 0 aliphatic rings. The SMILES string of the molecule is Cc1cc(F)cc(Cl)c1OC(F)(F)F. The van der Waals surface area contributed by atoms with Crippen molar-refractivity contribution in [1.29, 1.82) is 0 Å². The van der Waals surface area contributed by atoms with Gasteiger partial charge in [0.2, 0.25) is 0 Å². The number of ether oxygens (including phenoxy) is 1. The van der Waals surface area contributed by atoms with Gasteiger partial charge in [0, 0.05) is 0 Å². The Morgan fingerprint density at radius 1 is 1.29 bits per heavy atom. The van der Waals surface area contributed by atoms with Crippen LogP contribution in [-0.2, 0) is 0 Å². The summed E-state index contributed by atoms with van der Waals surface area (Å²) < 4.78 is 51.7. The van der Waals surface area contributed by atoms with Gasteiger partial charge in [-0.15, -0.1) is 13.2 Å². The maximum atomic E-state index is 12.6. The molecule has 1 nitrogen and oxygen atoms in total. The zero-order valence-electron chi connectivity index (χ0n) is 6.95. The van der Waals surface area contributed by atoms with Crippen LogP contribution in [0.25, 0.3) is 0 Å². The molecule has 1 rings (SSSR count). The summed E-state index contributed by atoms with van der Waals surface area (Å²) in [5.74, 6) is -1.28. The van der Waals surface area contributed by atoms with Crippen LogP contribution in [0, 0.1) is 12.7 Å². The molecule has 0 fully saturated rings. The smallest absolute Gasteiger partial charge is 0.404 e. The molecule has 0 aliphatic heterocycles. The molecule has 0 heterocycles. The van der Waals surface area contributed by atoms with Crippen molar-refractivity contribution in [2.45, 2.75) is 13.3 Å². The third-order valence-electron chi connectivity index (χ3n) is 1.41. The molecule has 0 radical (unpaired) electrons. The molecule has 0 atom stereocenters.